The highest BCUT2D eigenvalue weighted by atomic mass is 16.2. The lowest BCUT2D eigenvalue weighted by Crippen LogP contribution is -2.21. The fourth-order valence-electron chi connectivity index (χ4n) is 0.647. The van der Waals surface area contributed by atoms with Crippen molar-refractivity contribution in [1.29, 1.82) is 0 Å². The summed E-state index contributed by atoms with van der Waals surface area (Å²) in [7, 11) is 1.39. The van der Waals surface area contributed by atoms with Crippen LogP contribution in [0, 0.1) is 0 Å². The Labute approximate surface area is 62.1 Å². The van der Waals surface area contributed by atoms with Crippen molar-refractivity contribution in [3.63, 3.8) is 0 Å². The van der Waals surface area contributed by atoms with Gasteiger partial charge < -0.3 is 15.1 Å². The highest BCUT2D eigenvalue weighted by Crippen LogP contribution is 1.90. The third-order valence-electron chi connectivity index (χ3n) is 1.17. The molecule has 10 heavy (non-hydrogen) atoms. The van der Waals surface area contributed by atoms with Crippen LogP contribution in [-0.2, 0) is 4.79 Å². The van der Waals surface area contributed by atoms with Crippen LogP contribution in [0.1, 0.15) is 19.3 Å². The SMILES string of the molecule is O=C[B]NCCCCCO. The van der Waals surface area contributed by atoms with Gasteiger partial charge in [-0.05, 0) is 25.8 Å². The molecule has 0 bridgehead atoms. The molecule has 0 saturated carbocycles. The van der Waals surface area contributed by atoms with Crippen LogP contribution in [0.4, 0.5) is 0 Å². The lowest BCUT2D eigenvalue weighted by molar-refractivity contribution is 0.283. The summed E-state index contributed by atoms with van der Waals surface area (Å²) in [4.78, 5) is 9.74. The number of aliphatic hydroxyl groups excluding tert-OH is 1. The normalized spacial score (nSPS) is 9.30. The Morgan fingerprint density at radius 3 is 2.80 bits per heavy atom. The smallest absolute Gasteiger partial charge is 0.290 e. The summed E-state index contributed by atoms with van der Waals surface area (Å²) >= 11 is 0. The maximum absolute atomic E-state index is 9.74. The fraction of sp³-hybridized carbons (Fsp3) is 0.833. The monoisotopic (exact) mass is 142 g/mol. The van der Waals surface area contributed by atoms with Gasteiger partial charge in [-0.1, -0.05) is 0 Å². The number of unbranched alkanes of at least 4 members (excludes halogenated alkanes) is 2. The number of rotatable bonds is 7. The minimum absolute atomic E-state index is 0.261. The van der Waals surface area contributed by atoms with E-state index in [0.717, 1.165) is 32.0 Å². The fourth-order valence-corrected chi connectivity index (χ4v) is 0.647. The van der Waals surface area contributed by atoms with Crippen molar-refractivity contribution in [3.05, 3.63) is 0 Å². The third-order valence-corrected chi connectivity index (χ3v) is 1.17. The van der Waals surface area contributed by atoms with E-state index in [0.29, 0.717) is 0 Å². The van der Waals surface area contributed by atoms with Gasteiger partial charge in [-0.15, -0.1) is 0 Å². The van der Waals surface area contributed by atoms with Crippen molar-refractivity contribution >= 4 is 13.6 Å². The summed E-state index contributed by atoms with van der Waals surface area (Å²) in [5, 5.41) is 11.2. The van der Waals surface area contributed by atoms with Gasteiger partial charge in [0.1, 0.15) is 0 Å². The predicted molar refractivity (Wildman–Crippen MR) is 41.4 cm³/mol. The molecule has 0 aliphatic carbocycles. The molecular weight excluding hydrogens is 129 g/mol. The molecule has 1 radical (unpaired) electrons. The zero-order valence-corrected chi connectivity index (χ0v) is 6.05. The molecule has 0 spiro atoms. The van der Waals surface area contributed by atoms with Gasteiger partial charge in [0.05, 0.1) is 6.19 Å². The van der Waals surface area contributed by atoms with Crippen molar-refractivity contribution in [2.75, 3.05) is 13.2 Å². The van der Waals surface area contributed by atoms with Crippen molar-refractivity contribution in [3.8, 4) is 0 Å². The maximum Gasteiger partial charge on any atom is 0.290 e. The summed E-state index contributed by atoms with van der Waals surface area (Å²) in [5.74, 6) is 0. The Hall–Kier alpha value is -0.345. The van der Waals surface area contributed by atoms with Crippen LogP contribution in [-0.4, -0.2) is 31.9 Å². The number of nitrogens with one attached hydrogen (secondary N) is 1. The van der Waals surface area contributed by atoms with E-state index in [9.17, 15) is 4.79 Å². The minimum atomic E-state index is 0.261. The molecule has 0 aromatic carbocycles. The van der Waals surface area contributed by atoms with Crippen molar-refractivity contribution < 1.29 is 9.90 Å². The number of carbonyl (C=O) groups excluding carboxylic acids is 1. The van der Waals surface area contributed by atoms with E-state index in [4.69, 9.17) is 5.11 Å². The van der Waals surface area contributed by atoms with Crippen LogP contribution in [0.15, 0.2) is 0 Å². The van der Waals surface area contributed by atoms with E-state index in [-0.39, 0.29) is 6.61 Å². The van der Waals surface area contributed by atoms with E-state index < -0.39 is 0 Å². The van der Waals surface area contributed by atoms with Gasteiger partial charge >= 0.3 is 0 Å². The highest BCUT2D eigenvalue weighted by Gasteiger charge is 1.88. The van der Waals surface area contributed by atoms with Gasteiger partial charge in [-0.25, -0.2) is 0 Å². The number of aliphatic hydroxyl groups is 1. The van der Waals surface area contributed by atoms with Crippen molar-refractivity contribution in [1.82, 2.24) is 5.23 Å². The number of hydrogen-bond acceptors (Lipinski definition) is 3. The first-order valence-corrected chi connectivity index (χ1v) is 3.53. The number of hydrogen-bond donors (Lipinski definition) is 2. The van der Waals surface area contributed by atoms with Gasteiger partial charge in [-0.2, -0.15) is 0 Å². The second-order valence-corrected chi connectivity index (χ2v) is 2.04. The Balaban J connectivity index is 2.70. The third kappa shape index (κ3) is 7.65. The molecule has 2 N–H and O–H groups in total. The summed E-state index contributed by atoms with van der Waals surface area (Å²) in [6.07, 6.45) is 3.59. The van der Waals surface area contributed by atoms with Gasteiger partial charge in [0.25, 0.3) is 7.41 Å². The molecule has 0 aromatic heterocycles. The Morgan fingerprint density at radius 1 is 1.40 bits per heavy atom. The molecule has 4 heteroatoms. The quantitative estimate of drug-likeness (QED) is 0.287. The van der Waals surface area contributed by atoms with Crippen molar-refractivity contribution in [2.24, 2.45) is 0 Å². The van der Waals surface area contributed by atoms with Crippen LogP contribution < -0.4 is 5.23 Å². The molecular formula is C6H13BNO2. The van der Waals surface area contributed by atoms with Crippen LogP contribution in [0.3, 0.4) is 0 Å². The van der Waals surface area contributed by atoms with E-state index in [1.54, 1.807) is 0 Å². The molecule has 0 saturated heterocycles. The molecule has 0 fully saturated rings. The maximum atomic E-state index is 9.74. The first-order chi connectivity index (χ1) is 4.91. The van der Waals surface area contributed by atoms with Gasteiger partial charge in [0.2, 0.25) is 0 Å². The molecule has 0 aromatic rings. The summed E-state index contributed by atoms with van der Waals surface area (Å²) in [6, 6.07) is 0. The molecule has 0 amide bonds. The lowest BCUT2D eigenvalue weighted by atomic mass is 9.99. The molecule has 57 valence electrons. The van der Waals surface area contributed by atoms with Crippen LogP contribution >= 0.6 is 0 Å². The number of carbonyl (C=O) groups is 1. The molecule has 0 aliphatic rings. The van der Waals surface area contributed by atoms with E-state index >= 15 is 0 Å². The molecule has 0 unspecified atom stereocenters. The summed E-state index contributed by atoms with van der Waals surface area (Å²) < 4.78 is 0. The van der Waals surface area contributed by atoms with Gasteiger partial charge in [0.15, 0.2) is 0 Å². The summed E-state index contributed by atoms with van der Waals surface area (Å²) in [6.45, 7) is 1.08. The van der Waals surface area contributed by atoms with E-state index in [1.165, 1.54) is 7.41 Å². The highest BCUT2D eigenvalue weighted by molar-refractivity contribution is 6.64. The zero-order chi connectivity index (χ0) is 7.66. The standard InChI is InChI=1S/C6H13BNO2/c9-5-3-1-2-4-8-7-6-10/h6,8-9H,1-5H2. The first kappa shape index (κ1) is 9.65. The topological polar surface area (TPSA) is 49.3 Å². The molecule has 0 heterocycles. The van der Waals surface area contributed by atoms with Crippen molar-refractivity contribution in [2.45, 2.75) is 19.3 Å². The second-order valence-electron chi connectivity index (χ2n) is 2.04. The Kier molecular flexibility index (Phi) is 8.36. The molecule has 0 rings (SSSR count). The van der Waals surface area contributed by atoms with Crippen LogP contribution in [0.25, 0.3) is 0 Å². The van der Waals surface area contributed by atoms with E-state index in [2.05, 4.69) is 5.23 Å². The Morgan fingerprint density at radius 2 is 2.20 bits per heavy atom. The van der Waals surface area contributed by atoms with E-state index in [1.807, 2.05) is 0 Å². The molecule has 0 atom stereocenters. The summed E-state index contributed by atoms with van der Waals surface area (Å²) in [5.41, 5.74) is 0. The average molecular weight is 142 g/mol. The molecule has 0 aliphatic heterocycles. The zero-order valence-electron chi connectivity index (χ0n) is 6.05. The lowest BCUT2D eigenvalue weighted by Gasteiger charge is -1.97. The average Bonchev–Trinajstić information content (AvgIpc) is 1.97. The Bertz CT molecular complexity index is 80.1. The largest absolute Gasteiger partial charge is 0.396 e. The van der Waals surface area contributed by atoms with Crippen LogP contribution in [0.5, 0.6) is 0 Å². The van der Waals surface area contributed by atoms with Gasteiger partial charge in [0, 0.05) is 6.61 Å². The minimum Gasteiger partial charge on any atom is -0.396 e. The van der Waals surface area contributed by atoms with Gasteiger partial charge in [-0.3, -0.25) is 0 Å². The second kappa shape index (κ2) is 8.65. The first-order valence-electron chi connectivity index (χ1n) is 3.53. The van der Waals surface area contributed by atoms with Crippen LogP contribution in [0.2, 0.25) is 0 Å². The molecule has 3 nitrogen and oxygen atoms in total. The predicted octanol–water partition coefficient (Wildman–Crippen LogP) is -0.452.